The van der Waals surface area contributed by atoms with Crippen LogP contribution in [-0.2, 0) is 4.79 Å². The molecule has 0 aliphatic rings. The van der Waals surface area contributed by atoms with Crippen LogP contribution in [-0.4, -0.2) is 17.1 Å². The highest BCUT2D eigenvalue weighted by Crippen LogP contribution is 2.10. The van der Waals surface area contributed by atoms with E-state index in [9.17, 15) is 9.90 Å². The number of primary amides is 1. The molecule has 0 aliphatic carbocycles. The highest BCUT2D eigenvalue weighted by atomic mass is 16.3. The summed E-state index contributed by atoms with van der Waals surface area (Å²) in [6.07, 6.45) is 7.18. The van der Waals surface area contributed by atoms with Crippen LogP contribution in [0.25, 0.3) is 0 Å². The van der Waals surface area contributed by atoms with Gasteiger partial charge >= 0.3 is 0 Å². The molecule has 0 aromatic heterocycles. The molecular weight excluding hydrogens is 178 g/mol. The van der Waals surface area contributed by atoms with E-state index in [1.807, 2.05) is 0 Å². The van der Waals surface area contributed by atoms with Crippen LogP contribution >= 0.6 is 0 Å². The van der Waals surface area contributed by atoms with Gasteiger partial charge in [-0.3, -0.25) is 4.79 Å². The van der Waals surface area contributed by atoms with Gasteiger partial charge in [0.1, 0.15) is 0 Å². The topological polar surface area (TPSA) is 63.3 Å². The Morgan fingerprint density at radius 2 is 1.86 bits per heavy atom. The molecule has 0 aromatic carbocycles. The van der Waals surface area contributed by atoms with Gasteiger partial charge in [-0.2, -0.15) is 0 Å². The molecule has 0 radical (unpaired) electrons. The molecule has 0 spiro atoms. The molecule has 0 saturated carbocycles. The first-order valence-electron chi connectivity index (χ1n) is 5.63. The Morgan fingerprint density at radius 3 is 2.43 bits per heavy atom. The van der Waals surface area contributed by atoms with Crippen LogP contribution in [0.5, 0.6) is 0 Å². The highest BCUT2D eigenvalue weighted by Gasteiger charge is 2.04. The molecule has 0 aliphatic heterocycles. The molecule has 3 heteroatoms. The van der Waals surface area contributed by atoms with Crippen molar-refractivity contribution in [2.45, 2.75) is 64.4 Å². The fourth-order valence-corrected chi connectivity index (χ4v) is 1.46. The van der Waals surface area contributed by atoms with Gasteiger partial charge in [-0.1, -0.05) is 32.6 Å². The number of unbranched alkanes of at least 4 members (excludes halogenated alkanes) is 3. The van der Waals surface area contributed by atoms with Crippen molar-refractivity contribution in [3.8, 4) is 0 Å². The minimum atomic E-state index is -0.275. The van der Waals surface area contributed by atoms with Gasteiger partial charge in [0.2, 0.25) is 5.91 Å². The van der Waals surface area contributed by atoms with Crippen LogP contribution in [0.15, 0.2) is 0 Å². The third kappa shape index (κ3) is 9.52. The zero-order valence-corrected chi connectivity index (χ0v) is 9.17. The lowest BCUT2D eigenvalue weighted by Gasteiger charge is -2.08. The number of hydrogen-bond donors (Lipinski definition) is 2. The van der Waals surface area contributed by atoms with Gasteiger partial charge in [-0.15, -0.1) is 0 Å². The van der Waals surface area contributed by atoms with Crippen molar-refractivity contribution in [3.05, 3.63) is 0 Å². The predicted octanol–water partition coefficient (Wildman–Crippen LogP) is 1.97. The van der Waals surface area contributed by atoms with E-state index in [4.69, 9.17) is 5.73 Å². The van der Waals surface area contributed by atoms with Crippen LogP contribution < -0.4 is 5.73 Å². The second-order valence-corrected chi connectivity index (χ2v) is 3.86. The summed E-state index contributed by atoms with van der Waals surface area (Å²) < 4.78 is 0. The molecule has 1 amide bonds. The molecule has 0 saturated heterocycles. The predicted molar refractivity (Wildman–Crippen MR) is 57.8 cm³/mol. The molecule has 0 aromatic rings. The highest BCUT2D eigenvalue weighted by molar-refractivity contribution is 5.73. The molecule has 0 bridgehead atoms. The normalized spacial score (nSPS) is 12.7. The monoisotopic (exact) mass is 201 g/mol. The Balaban J connectivity index is 3.19. The van der Waals surface area contributed by atoms with Crippen molar-refractivity contribution < 1.29 is 9.90 Å². The van der Waals surface area contributed by atoms with Crippen molar-refractivity contribution >= 4 is 5.91 Å². The summed E-state index contributed by atoms with van der Waals surface area (Å²) in [5.41, 5.74) is 5.00. The quantitative estimate of drug-likeness (QED) is 0.560. The zero-order valence-electron chi connectivity index (χ0n) is 9.17. The third-order valence-electron chi connectivity index (χ3n) is 2.35. The van der Waals surface area contributed by atoms with Crippen molar-refractivity contribution in [2.24, 2.45) is 5.73 Å². The number of hydrogen-bond acceptors (Lipinski definition) is 2. The van der Waals surface area contributed by atoms with Gasteiger partial charge in [-0.05, 0) is 19.3 Å². The number of nitrogens with two attached hydrogens (primary N) is 1. The minimum absolute atomic E-state index is 0.244. The van der Waals surface area contributed by atoms with Crippen molar-refractivity contribution in [2.75, 3.05) is 0 Å². The van der Waals surface area contributed by atoms with E-state index in [-0.39, 0.29) is 12.0 Å². The van der Waals surface area contributed by atoms with Crippen molar-refractivity contribution in [1.29, 1.82) is 0 Å². The standard InChI is InChI=1S/C11H23NO2/c1-2-3-4-5-7-10(13)8-6-9-11(12)14/h10,13H,2-9H2,1H3,(H2,12,14). The van der Waals surface area contributed by atoms with Gasteiger partial charge in [0.05, 0.1) is 6.10 Å². The lowest BCUT2D eigenvalue weighted by molar-refractivity contribution is -0.118. The van der Waals surface area contributed by atoms with Crippen LogP contribution in [0.2, 0.25) is 0 Å². The van der Waals surface area contributed by atoms with E-state index in [0.29, 0.717) is 19.3 Å². The van der Waals surface area contributed by atoms with Crippen molar-refractivity contribution in [3.63, 3.8) is 0 Å². The first kappa shape index (κ1) is 13.4. The maximum atomic E-state index is 10.4. The smallest absolute Gasteiger partial charge is 0.217 e. The zero-order chi connectivity index (χ0) is 10.8. The van der Waals surface area contributed by atoms with Gasteiger partial charge < -0.3 is 10.8 Å². The molecule has 3 N–H and O–H groups in total. The van der Waals surface area contributed by atoms with Gasteiger partial charge in [0.15, 0.2) is 0 Å². The molecule has 0 rings (SSSR count). The van der Waals surface area contributed by atoms with Crippen LogP contribution in [0.1, 0.15) is 58.3 Å². The van der Waals surface area contributed by atoms with Crippen molar-refractivity contribution in [1.82, 2.24) is 0 Å². The number of carbonyl (C=O) groups excluding carboxylic acids is 1. The Kier molecular flexibility index (Phi) is 8.64. The van der Waals surface area contributed by atoms with E-state index in [1.54, 1.807) is 0 Å². The van der Waals surface area contributed by atoms with E-state index in [2.05, 4.69) is 6.92 Å². The molecule has 0 fully saturated rings. The summed E-state index contributed by atoms with van der Waals surface area (Å²) in [5, 5.41) is 9.51. The maximum Gasteiger partial charge on any atom is 0.217 e. The third-order valence-corrected chi connectivity index (χ3v) is 2.35. The van der Waals surface area contributed by atoms with E-state index >= 15 is 0 Å². The Bertz CT molecular complexity index is 148. The lowest BCUT2D eigenvalue weighted by Crippen LogP contribution is -2.12. The van der Waals surface area contributed by atoms with Crippen LogP contribution in [0.4, 0.5) is 0 Å². The maximum absolute atomic E-state index is 10.4. The van der Waals surface area contributed by atoms with E-state index in [0.717, 1.165) is 12.8 Å². The first-order valence-corrected chi connectivity index (χ1v) is 5.63. The molecule has 0 heterocycles. The average molecular weight is 201 g/mol. The molecule has 3 nitrogen and oxygen atoms in total. The summed E-state index contributed by atoms with van der Waals surface area (Å²) in [5.74, 6) is -0.275. The van der Waals surface area contributed by atoms with Gasteiger partial charge in [0.25, 0.3) is 0 Å². The van der Waals surface area contributed by atoms with Crippen LogP contribution in [0.3, 0.4) is 0 Å². The Morgan fingerprint density at radius 1 is 1.21 bits per heavy atom. The number of aliphatic hydroxyl groups is 1. The molecule has 1 atom stereocenters. The summed E-state index contributed by atoms with van der Waals surface area (Å²) in [4.78, 5) is 10.4. The SMILES string of the molecule is CCCCCCC(O)CCCC(N)=O. The van der Waals surface area contributed by atoms with Gasteiger partial charge in [0, 0.05) is 6.42 Å². The summed E-state index contributed by atoms with van der Waals surface area (Å²) in [6.45, 7) is 2.17. The second kappa shape index (κ2) is 9.00. The number of rotatable bonds is 9. The Labute approximate surface area is 86.7 Å². The lowest BCUT2D eigenvalue weighted by atomic mass is 10.0. The van der Waals surface area contributed by atoms with E-state index in [1.165, 1.54) is 19.3 Å². The molecular formula is C11H23NO2. The summed E-state index contributed by atoms with van der Waals surface area (Å²) >= 11 is 0. The fraction of sp³-hybridized carbons (Fsp3) is 0.909. The van der Waals surface area contributed by atoms with Crippen LogP contribution in [0, 0.1) is 0 Å². The largest absolute Gasteiger partial charge is 0.393 e. The minimum Gasteiger partial charge on any atom is -0.393 e. The number of amides is 1. The molecule has 14 heavy (non-hydrogen) atoms. The fourth-order valence-electron chi connectivity index (χ4n) is 1.46. The molecule has 84 valence electrons. The second-order valence-electron chi connectivity index (χ2n) is 3.86. The van der Waals surface area contributed by atoms with E-state index < -0.39 is 0 Å². The molecule has 1 unspecified atom stereocenters. The number of carbonyl (C=O) groups is 1. The van der Waals surface area contributed by atoms with Gasteiger partial charge in [-0.25, -0.2) is 0 Å². The average Bonchev–Trinajstić information content (AvgIpc) is 2.12. The first-order chi connectivity index (χ1) is 6.66. The number of aliphatic hydroxyl groups excluding tert-OH is 1. The summed E-state index contributed by atoms with van der Waals surface area (Å²) in [6, 6.07) is 0. The Hall–Kier alpha value is -0.570. The summed E-state index contributed by atoms with van der Waals surface area (Å²) in [7, 11) is 0.